The van der Waals surface area contributed by atoms with E-state index in [2.05, 4.69) is 25.7 Å². The quantitative estimate of drug-likeness (QED) is 0.390. The highest BCUT2D eigenvalue weighted by atomic mass is 16.5. The number of primary amides is 1. The molecule has 2 aromatic carbocycles. The van der Waals surface area contributed by atoms with Gasteiger partial charge in [0.05, 0.1) is 18.3 Å². The number of aromatic amines is 1. The topological polar surface area (TPSA) is 163 Å². The molecule has 1 aliphatic heterocycles. The van der Waals surface area contributed by atoms with Gasteiger partial charge in [0.1, 0.15) is 5.75 Å². The molecule has 35 heavy (non-hydrogen) atoms. The first-order chi connectivity index (χ1) is 16.8. The van der Waals surface area contributed by atoms with E-state index in [1.807, 2.05) is 7.05 Å². The first-order valence-electron chi connectivity index (χ1n) is 10.8. The van der Waals surface area contributed by atoms with E-state index in [1.54, 1.807) is 29.2 Å². The number of nitrogens with zero attached hydrogens (tertiary/aromatic N) is 3. The zero-order valence-electron chi connectivity index (χ0n) is 19.3. The molecule has 1 saturated heterocycles. The fourth-order valence-electron chi connectivity index (χ4n) is 3.78. The van der Waals surface area contributed by atoms with Crippen molar-refractivity contribution in [3.05, 3.63) is 47.7 Å². The Morgan fingerprint density at radius 3 is 2.40 bits per heavy atom. The highest BCUT2D eigenvalue weighted by Crippen LogP contribution is 2.27. The van der Waals surface area contributed by atoms with Crippen molar-refractivity contribution in [1.29, 1.82) is 0 Å². The summed E-state index contributed by atoms with van der Waals surface area (Å²) in [5.41, 5.74) is 6.71. The maximum atomic E-state index is 12.9. The average Bonchev–Trinajstić information content (AvgIpc) is 3.27. The number of methoxy groups -OCH3 is 1. The standard InChI is InChI=1S/C23H25N7O5/c1-29-7-9-30(10-8-29)23(34)13-3-6-18(35-2)17(11-13)26-22(33)21(32)25-14-4-5-16-15(12-14)19(20(24)31)28-27-16/h3-6,11-12H,7-10H2,1-2H3,(H2,24,31)(H,25,32)(H,26,33)(H,27,28). The van der Waals surface area contributed by atoms with Crippen LogP contribution in [0.1, 0.15) is 20.8 Å². The van der Waals surface area contributed by atoms with Crippen molar-refractivity contribution in [2.24, 2.45) is 5.73 Å². The first kappa shape index (κ1) is 23.7. The van der Waals surface area contributed by atoms with Crippen molar-refractivity contribution < 1.29 is 23.9 Å². The molecule has 0 aliphatic carbocycles. The summed E-state index contributed by atoms with van der Waals surface area (Å²) in [4.78, 5) is 53.5. The van der Waals surface area contributed by atoms with E-state index < -0.39 is 17.7 Å². The van der Waals surface area contributed by atoms with Gasteiger partial charge in [0.25, 0.3) is 11.8 Å². The minimum Gasteiger partial charge on any atom is -0.495 e. The molecule has 2 heterocycles. The SMILES string of the molecule is COc1ccc(C(=O)N2CCN(C)CC2)cc1NC(=O)C(=O)Nc1ccc2[nH]nc(C(N)=O)c2c1. The highest BCUT2D eigenvalue weighted by molar-refractivity contribution is 6.44. The first-order valence-corrected chi connectivity index (χ1v) is 10.8. The third-order valence-electron chi connectivity index (χ3n) is 5.75. The summed E-state index contributed by atoms with van der Waals surface area (Å²) >= 11 is 0. The molecule has 12 heteroatoms. The zero-order valence-corrected chi connectivity index (χ0v) is 19.3. The lowest BCUT2D eigenvalue weighted by molar-refractivity contribution is -0.133. The number of carbonyl (C=O) groups is 4. The maximum absolute atomic E-state index is 12.9. The Bertz CT molecular complexity index is 1310. The van der Waals surface area contributed by atoms with Gasteiger partial charge in [-0.15, -0.1) is 0 Å². The number of nitrogens with one attached hydrogen (secondary N) is 3. The molecule has 5 N–H and O–H groups in total. The number of ether oxygens (including phenoxy) is 1. The summed E-state index contributed by atoms with van der Waals surface area (Å²) in [6, 6.07) is 9.30. The van der Waals surface area contributed by atoms with Gasteiger partial charge in [-0.3, -0.25) is 24.3 Å². The second kappa shape index (κ2) is 9.81. The molecule has 4 rings (SSSR count). The zero-order chi connectivity index (χ0) is 25.1. The number of hydrogen-bond donors (Lipinski definition) is 4. The summed E-state index contributed by atoms with van der Waals surface area (Å²) in [6.45, 7) is 2.75. The molecule has 4 amide bonds. The number of amides is 4. The number of piperazine rings is 1. The molecule has 0 saturated carbocycles. The number of likely N-dealkylation sites (N-methyl/N-ethyl adjacent to an activating group) is 1. The predicted octanol–water partition coefficient (Wildman–Crippen LogP) is 0.635. The molecular weight excluding hydrogens is 454 g/mol. The molecule has 0 spiro atoms. The number of hydrogen-bond acceptors (Lipinski definition) is 7. The lowest BCUT2D eigenvalue weighted by Gasteiger charge is -2.32. The number of fused-ring (bicyclic) bond motifs is 1. The number of benzene rings is 2. The summed E-state index contributed by atoms with van der Waals surface area (Å²) in [7, 11) is 3.42. The van der Waals surface area contributed by atoms with E-state index in [4.69, 9.17) is 10.5 Å². The van der Waals surface area contributed by atoms with Crippen molar-refractivity contribution in [2.45, 2.75) is 0 Å². The minimum atomic E-state index is -0.963. The van der Waals surface area contributed by atoms with Gasteiger partial charge in [-0.2, -0.15) is 5.10 Å². The molecule has 1 aromatic heterocycles. The third kappa shape index (κ3) is 5.06. The summed E-state index contributed by atoms with van der Waals surface area (Å²) < 4.78 is 5.28. The van der Waals surface area contributed by atoms with Crippen LogP contribution in [-0.2, 0) is 9.59 Å². The van der Waals surface area contributed by atoms with Gasteiger partial charge < -0.3 is 30.9 Å². The second-order valence-corrected chi connectivity index (χ2v) is 8.12. The Balaban J connectivity index is 1.48. The number of nitrogens with two attached hydrogens (primary N) is 1. The number of aromatic nitrogens is 2. The summed E-state index contributed by atoms with van der Waals surface area (Å²) in [6.07, 6.45) is 0. The number of carbonyl (C=O) groups excluding carboxylic acids is 4. The average molecular weight is 479 g/mol. The van der Waals surface area contributed by atoms with Gasteiger partial charge in [-0.1, -0.05) is 0 Å². The molecule has 1 fully saturated rings. The van der Waals surface area contributed by atoms with Crippen molar-refractivity contribution in [1.82, 2.24) is 20.0 Å². The Kier molecular flexibility index (Phi) is 6.64. The van der Waals surface area contributed by atoms with Crippen LogP contribution in [-0.4, -0.2) is 84.0 Å². The maximum Gasteiger partial charge on any atom is 0.314 e. The lowest BCUT2D eigenvalue weighted by Crippen LogP contribution is -2.47. The minimum absolute atomic E-state index is 0.0205. The van der Waals surface area contributed by atoms with Crippen molar-refractivity contribution >= 4 is 45.9 Å². The molecule has 1 aliphatic rings. The number of rotatable bonds is 5. The molecule has 12 nitrogen and oxygen atoms in total. The van der Waals surface area contributed by atoms with Gasteiger partial charge in [0.15, 0.2) is 5.69 Å². The Hall–Kier alpha value is -4.45. The lowest BCUT2D eigenvalue weighted by atomic mass is 10.1. The Labute approximate surface area is 200 Å². The molecule has 0 atom stereocenters. The monoisotopic (exact) mass is 479 g/mol. The van der Waals surface area contributed by atoms with E-state index in [0.29, 0.717) is 35.3 Å². The molecule has 0 unspecified atom stereocenters. The van der Waals surface area contributed by atoms with Crippen LogP contribution in [0.4, 0.5) is 11.4 Å². The van der Waals surface area contributed by atoms with Crippen LogP contribution in [0.2, 0.25) is 0 Å². The largest absolute Gasteiger partial charge is 0.495 e. The fraction of sp³-hybridized carbons (Fsp3) is 0.261. The third-order valence-corrected chi connectivity index (χ3v) is 5.75. The van der Waals surface area contributed by atoms with Crippen LogP contribution in [0.15, 0.2) is 36.4 Å². The van der Waals surface area contributed by atoms with Crippen molar-refractivity contribution in [2.75, 3.05) is 51.0 Å². The van der Waals surface area contributed by atoms with Gasteiger partial charge in [-0.05, 0) is 43.4 Å². The van der Waals surface area contributed by atoms with Gasteiger partial charge in [0, 0.05) is 42.8 Å². The number of H-pyrrole nitrogens is 1. The van der Waals surface area contributed by atoms with Crippen LogP contribution >= 0.6 is 0 Å². The van der Waals surface area contributed by atoms with E-state index in [0.717, 1.165) is 13.1 Å². The van der Waals surface area contributed by atoms with Crippen LogP contribution in [0.5, 0.6) is 5.75 Å². The van der Waals surface area contributed by atoms with Crippen LogP contribution in [0, 0.1) is 0 Å². The predicted molar refractivity (Wildman–Crippen MR) is 128 cm³/mol. The summed E-state index contributed by atoms with van der Waals surface area (Å²) in [5.74, 6) is -2.51. The second-order valence-electron chi connectivity index (χ2n) is 8.12. The summed E-state index contributed by atoms with van der Waals surface area (Å²) in [5, 5.41) is 11.9. The number of anilines is 2. The van der Waals surface area contributed by atoms with Crippen molar-refractivity contribution in [3.63, 3.8) is 0 Å². The van der Waals surface area contributed by atoms with Gasteiger partial charge >= 0.3 is 11.8 Å². The highest BCUT2D eigenvalue weighted by Gasteiger charge is 2.23. The van der Waals surface area contributed by atoms with Crippen LogP contribution in [0.25, 0.3) is 10.9 Å². The van der Waals surface area contributed by atoms with E-state index >= 15 is 0 Å². The molecule has 3 aromatic rings. The molecular formula is C23H25N7O5. The molecule has 0 radical (unpaired) electrons. The Morgan fingerprint density at radius 2 is 1.71 bits per heavy atom. The van der Waals surface area contributed by atoms with E-state index in [1.165, 1.54) is 19.2 Å². The Morgan fingerprint density at radius 1 is 1.00 bits per heavy atom. The molecule has 182 valence electrons. The van der Waals surface area contributed by atoms with Gasteiger partial charge in [0.2, 0.25) is 0 Å². The smallest absolute Gasteiger partial charge is 0.314 e. The van der Waals surface area contributed by atoms with E-state index in [-0.39, 0.29) is 23.0 Å². The molecule has 0 bridgehead atoms. The van der Waals surface area contributed by atoms with Crippen molar-refractivity contribution in [3.8, 4) is 5.75 Å². The fourth-order valence-corrected chi connectivity index (χ4v) is 3.78. The van der Waals surface area contributed by atoms with Crippen LogP contribution in [0.3, 0.4) is 0 Å². The normalized spacial score (nSPS) is 13.9. The van der Waals surface area contributed by atoms with Gasteiger partial charge in [-0.25, -0.2) is 0 Å². The van der Waals surface area contributed by atoms with Crippen LogP contribution < -0.4 is 21.1 Å². The van der Waals surface area contributed by atoms with E-state index in [9.17, 15) is 19.2 Å².